The van der Waals surface area contributed by atoms with Crippen LogP contribution in [0.15, 0.2) is 30.3 Å². The van der Waals surface area contributed by atoms with Gasteiger partial charge >= 0.3 is 35.7 Å². The van der Waals surface area contributed by atoms with E-state index in [0.717, 1.165) is 5.56 Å². The molecule has 1 fully saturated rings. The number of rotatable bonds is 4. The zero-order valence-corrected chi connectivity index (χ0v) is 14.4. The predicted octanol–water partition coefficient (Wildman–Crippen LogP) is -3.48. The minimum absolute atomic E-state index is 0. The second-order valence-electron chi connectivity index (χ2n) is 4.08. The summed E-state index contributed by atoms with van der Waals surface area (Å²) in [6.45, 7) is -0.473. The zero-order chi connectivity index (χ0) is 15.5. The van der Waals surface area contributed by atoms with Crippen LogP contribution in [0.3, 0.4) is 0 Å². The van der Waals surface area contributed by atoms with Crippen LogP contribution in [0.2, 0.25) is 0 Å². The van der Waals surface area contributed by atoms with Gasteiger partial charge in [0, 0.05) is 0 Å². The van der Waals surface area contributed by atoms with E-state index in [9.17, 15) is 22.6 Å². The van der Waals surface area contributed by atoms with Gasteiger partial charge in [0.05, 0.1) is 0 Å². The Morgan fingerprint density at radius 1 is 1.41 bits per heavy atom. The van der Waals surface area contributed by atoms with E-state index in [0.29, 0.717) is 0 Å². The van der Waals surface area contributed by atoms with Crippen LogP contribution in [0, 0.1) is 0 Å². The number of carbonyl (C=O) groups excluding carboxylic acids is 2. The third-order valence-electron chi connectivity index (χ3n) is 2.54. The van der Waals surface area contributed by atoms with Gasteiger partial charge in [0.15, 0.2) is 0 Å². The van der Waals surface area contributed by atoms with Crippen molar-refractivity contribution in [2.75, 3.05) is 6.61 Å². The Morgan fingerprint density at radius 2 is 2.05 bits per heavy atom. The molecule has 1 aliphatic heterocycles. The van der Waals surface area contributed by atoms with Crippen molar-refractivity contribution in [3.8, 4) is 0 Å². The van der Waals surface area contributed by atoms with Gasteiger partial charge in [-0.15, -0.1) is 4.47 Å². The molecule has 0 aliphatic carbocycles. The fourth-order valence-corrected chi connectivity index (χ4v) is 2.13. The molecule has 2 amide bonds. The molecule has 0 saturated carbocycles. The summed E-state index contributed by atoms with van der Waals surface area (Å²) < 4.78 is 36.6. The first kappa shape index (κ1) is 18.9. The Kier molecular flexibility index (Phi) is 6.78. The van der Waals surface area contributed by atoms with Gasteiger partial charge in [-0.1, -0.05) is 30.3 Å². The Morgan fingerprint density at radius 3 is 2.59 bits per heavy atom. The molecule has 1 N–H and O–H groups in total. The molecule has 9 nitrogen and oxygen atoms in total. The van der Waals surface area contributed by atoms with Crippen molar-refractivity contribution < 1.29 is 61.7 Å². The van der Waals surface area contributed by atoms with Crippen molar-refractivity contribution in [3.05, 3.63) is 35.9 Å². The van der Waals surface area contributed by atoms with Crippen LogP contribution in [-0.2, 0) is 31.3 Å². The van der Waals surface area contributed by atoms with E-state index < -0.39 is 35.0 Å². The normalized spacial score (nSPS) is 17.8. The molecule has 0 radical (unpaired) electrons. The monoisotopic (exact) mass is 338 g/mol. The summed E-state index contributed by atoms with van der Waals surface area (Å²) in [4.78, 5) is 27.4. The van der Waals surface area contributed by atoms with Crippen LogP contribution >= 0.6 is 0 Å². The summed E-state index contributed by atoms with van der Waals surface area (Å²) in [6, 6.07) is 7.53. The summed E-state index contributed by atoms with van der Waals surface area (Å²) >= 11 is 0. The molecule has 1 saturated heterocycles. The first-order valence-corrected chi connectivity index (χ1v) is 7.14. The maximum absolute atomic E-state index is 11.5. The molecule has 11 heteroatoms. The maximum atomic E-state index is 11.5. The van der Waals surface area contributed by atoms with Crippen molar-refractivity contribution in [1.82, 2.24) is 9.79 Å². The molecule has 2 rings (SSSR count). The smallest absolute Gasteiger partial charge is 0.729 e. The number of benzene rings is 1. The van der Waals surface area contributed by atoms with Crippen LogP contribution < -0.4 is 34.9 Å². The zero-order valence-electron chi connectivity index (χ0n) is 11.6. The molecule has 0 unspecified atom stereocenters. The van der Waals surface area contributed by atoms with Gasteiger partial charge in [-0.3, -0.25) is 9.63 Å². The molecular weight excluding hydrogens is 327 g/mol. The molecule has 1 atom stereocenters. The summed E-state index contributed by atoms with van der Waals surface area (Å²) in [7, 11) is -5.06. The van der Waals surface area contributed by atoms with Gasteiger partial charge in [-0.25, -0.2) is 13.2 Å². The summed E-state index contributed by atoms with van der Waals surface area (Å²) in [5.41, 5.74) is 0.741. The summed E-state index contributed by atoms with van der Waals surface area (Å²) in [5.74, 6) is -1.17. The maximum Gasteiger partial charge on any atom is 1.00 e. The summed E-state index contributed by atoms with van der Waals surface area (Å²) in [6.07, 6.45) is -0.925. The number of nitrogens with one attached hydrogen (secondary N) is 1. The van der Waals surface area contributed by atoms with Crippen LogP contribution in [0.5, 0.6) is 0 Å². The van der Waals surface area contributed by atoms with E-state index in [1.807, 2.05) is 0 Å². The molecule has 114 valence electrons. The molecule has 22 heavy (non-hydrogen) atoms. The predicted molar refractivity (Wildman–Crippen MR) is 66.0 cm³/mol. The fourth-order valence-electron chi connectivity index (χ4n) is 1.59. The largest absolute Gasteiger partial charge is 1.00 e. The van der Waals surface area contributed by atoms with Crippen molar-refractivity contribution in [1.29, 1.82) is 0 Å². The van der Waals surface area contributed by atoms with Crippen LogP contribution in [0.25, 0.3) is 0 Å². The number of alkyl carbamates (subject to hydrolysis) is 1. The van der Waals surface area contributed by atoms with Crippen LogP contribution in [0.4, 0.5) is 4.79 Å². The first-order valence-electron chi connectivity index (χ1n) is 5.78. The minimum atomic E-state index is -5.06. The SMILES string of the molecule is O=C(N[C@H]1CON(S(=O)(=O)[O-])C1=O)OCc1ccccc1.[Na+]. The molecule has 1 heterocycles. The third kappa shape index (κ3) is 4.93. The van der Waals surface area contributed by atoms with Gasteiger partial charge in [-0.05, 0) is 5.56 Å². The minimum Gasteiger partial charge on any atom is -0.729 e. The quantitative estimate of drug-likeness (QED) is 0.446. The first-order chi connectivity index (χ1) is 9.88. The van der Waals surface area contributed by atoms with Crippen LogP contribution in [-0.4, -0.2) is 42.1 Å². The molecule has 1 aromatic carbocycles. The topological polar surface area (TPSA) is 125 Å². The van der Waals surface area contributed by atoms with Crippen molar-refractivity contribution in [3.63, 3.8) is 0 Å². The average Bonchev–Trinajstić information content (AvgIpc) is 2.79. The van der Waals surface area contributed by atoms with E-state index in [1.54, 1.807) is 30.3 Å². The van der Waals surface area contributed by atoms with E-state index in [1.165, 1.54) is 0 Å². The van der Waals surface area contributed by atoms with Crippen LogP contribution in [0.1, 0.15) is 5.56 Å². The molecule has 1 aromatic rings. The Balaban J connectivity index is 0.00000242. The van der Waals surface area contributed by atoms with Gasteiger partial charge in [0.2, 0.25) is 10.3 Å². The Labute approximate surface area is 148 Å². The van der Waals surface area contributed by atoms with Crippen molar-refractivity contribution >= 4 is 22.3 Å². The van der Waals surface area contributed by atoms with Gasteiger partial charge in [0.1, 0.15) is 19.3 Å². The van der Waals surface area contributed by atoms with E-state index in [4.69, 9.17) is 4.74 Å². The second kappa shape index (κ2) is 7.90. The van der Waals surface area contributed by atoms with E-state index in [2.05, 4.69) is 10.2 Å². The van der Waals surface area contributed by atoms with E-state index in [-0.39, 0.29) is 40.6 Å². The molecule has 0 aromatic heterocycles. The number of ether oxygens (including phenoxy) is 1. The van der Waals surface area contributed by atoms with Gasteiger partial charge < -0.3 is 14.6 Å². The molecule has 1 aliphatic rings. The molecule has 0 bridgehead atoms. The third-order valence-corrected chi connectivity index (χ3v) is 3.24. The van der Waals surface area contributed by atoms with Gasteiger partial charge in [0.25, 0.3) is 5.91 Å². The second-order valence-corrected chi connectivity index (χ2v) is 5.26. The number of nitrogens with zero attached hydrogens (tertiary/aromatic N) is 1. The Hall–Kier alpha value is -1.17. The number of hydrogen-bond acceptors (Lipinski definition) is 7. The average molecular weight is 338 g/mol. The summed E-state index contributed by atoms with van der Waals surface area (Å²) in [5, 5.41) is 2.12. The number of hydrogen-bond donors (Lipinski definition) is 1. The standard InChI is InChI=1S/C11H12N2O7S.Na/c14-10-9(7-20-13(10)21(16,17)18)12-11(15)19-6-8-4-2-1-3-5-8;/h1-5,9H,6-7H2,(H,12,15)(H,16,17,18);/q;+1/p-1/t9-;/m0./s1. The van der Waals surface area contributed by atoms with E-state index >= 15 is 0 Å². The van der Waals surface area contributed by atoms with Gasteiger partial charge in [-0.2, -0.15) is 0 Å². The number of hydroxylamine groups is 1. The number of amides is 2. The number of carbonyl (C=O) groups is 2. The fraction of sp³-hybridized carbons (Fsp3) is 0.273. The molecular formula is C11H11N2NaO7S. The van der Waals surface area contributed by atoms with Crippen molar-refractivity contribution in [2.24, 2.45) is 0 Å². The molecule has 0 spiro atoms. The van der Waals surface area contributed by atoms with Crippen molar-refractivity contribution in [2.45, 2.75) is 12.6 Å². The Bertz CT molecular complexity index is 637.